The van der Waals surface area contributed by atoms with E-state index in [1.807, 2.05) is 30.3 Å². The number of rotatable bonds is 5. The number of halogens is 1. The predicted octanol–water partition coefficient (Wildman–Crippen LogP) is 7.92. The lowest BCUT2D eigenvalue weighted by atomic mass is 10.0. The maximum absolute atomic E-state index is 4.57. The average molecular weight is 487 g/mol. The van der Waals surface area contributed by atoms with Crippen molar-refractivity contribution in [2.75, 3.05) is 10.6 Å². The summed E-state index contributed by atoms with van der Waals surface area (Å²) < 4.78 is 1.06. The van der Waals surface area contributed by atoms with E-state index in [0.29, 0.717) is 0 Å². The van der Waals surface area contributed by atoms with Gasteiger partial charge in [-0.25, -0.2) is 9.97 Å². The Kier molecular flexibility index (Phi) is 5.40. The first kappa shape index (κ1) is 19.7. The molecule has 6 heteroatoms. The minimum absolute atomic E-state index is 0.816. The normalized spacial score (nSPS) is 10.9. The van der Waals surface area contributed by atoms with Crippen LogP contribution in [0.25, 0.3) is 21.3 Å². The van der Waals surface area contributed by atoms with E-state index < -0.39 is 0 Å². The standard InChI is InChI=1S/C25H19BrN4S/c1-16-22(17-7-9-18(26)10-8-17)23-24(27-15-28-25(23)31-16)30-21-13-11-20(12-14-21)29-19-5-3-2-4-6-19/h2-15,29H,1H3,(H,27,28,30). The molecule has 5 rings (SSSR count). The monoisotopic (exact) mass is 486 g/mol. The number of anilines is 4. The molecule has 0 aliphatic carbocycles. The fourth-order valence-electron chi connectivity index (χ4n) is 3.56. The van der Waals surface area contributed by atoms with Crippen molar-refractivity contribution in [3.05, 3.63) is 94.5 Å². The molecule has 0 saturated heterocycles. The number of nitrogens with zero attached hydrogens (tertiary/aromatic N) is 2. The first-order valence-corrected chi connectivity index (χ1v) is 11.5. The van der Waals surface area contributed by atoms with Gasteiger partial charge in [0.15, 0.2) is 0 Å². The smallest absolute Gasteiger partial charge is 0.143 e. The van der Waals surface area contributed by atoms with Gasteiger partial charge < -0.3 is 10.6 Å². The highest BCUT2D eigenvalue weighted by Crippen LogP contribution is 2.41. The Bertz CT molecular complexity index is 1330. The third kappa shape index (κ3) is 4.17. The molecule has 0 aliphatic rings. The highest BCUT2D eigenvalue weighted by molar-refractivity contribution is 9.10. The molecule has 0 fully saturated rings. The quantitative estimate of drug-likeness (QED) is 0.264. The molecule has 0 aliphatic heterocycles. The summed E-state index contributed by atoms with van der Waals surface area (Å²) in [6.07, 6.45) is 1.62. The summed E-state index contributed by atoms with van der Waals surface area (Å²) >= 11 is 5.22. The minimum Gasteiger partial charge on any atom is -0.356 e. The number of fused-ring (bicyclic) bond motifs is 1. The van der Waals surface area contributed by atoms with Crippen molar-refractivity contribution in [1.29, 1.82) is 0 Å². The van der Waals surface area contributed by atoms with Crippen LogP contribution in [0.4, 0.5) is 22.9 Å². The fourth-order valence-corrected chi connectivity index (χ4v) is 4.84. The average Bonchev–Trinajstić information content (AvgIpc) is 3.13. The first-order valence-electron chi connectivity index (χ1n) is 9.86. The maximum Gasteiger partial charge on any atom is 0.143 e. The molecule has 0 unspecified atom stereocenters. The molecule has 31 heavy (non-hydrogen) atoms. The largest absolute Gasteiger partial charge is 0.356 e. The van der Waals surface area contributed by atoms with Crippen LogP contribution < -0.4 is 10.6 Å². The molecule has 2 N–H and O–H groups in total. The molecular formula is C25H19BrN4S. The van der Waals surface area contributed by atoms with Crippen LogP contribution >= 0.6 is 27.3 Å². The Hall–Kier alpha value is -3.22. The number of benzene rings is 3. The van der Waals surface area contributed by atoms with Crippen LogP contribution in [-0.4, -0.2) is 9.97 Å². The second-order valence-electron chi connectivity index (χ2n) is 7.14. The Labute approximate surface area is 193 Å². The lowest BCUT2D eigenvalue weighted by Gasteiger charge is -2.11. The van der Waals surface area contributed by atoms with Crippen molar-refractivity contribution < 1.29 is 0 Å². The molecule has 3 aromatic carbocycles. The Morgan fingerprint density at radius 3 is 2.10 bits per heavy atom. The first-order chi connectivity index (χ1) is 15.2. The molecule has 2 heterocycles. The molecule has 0 saturated carbocycles. The SMILES string of the molecule is Cc1sc2ncnc(Nc3ccc(Nc4ccccc4)cc3)c2c1-c1ccc(Br)cc1. The fraction of sp³-hybridized carbons (Fsp3) is 0.0400. The number of nitrogens with one attached hydrogen (secondary N) is 2. The van der Waals surface area contributed by atoms with Crippen LogP contribution in [0.2, 0.25) is 0 Å². The summed E-state index contributed by atoms with van der Waals surface area (Å²) in [5.74, 6) is 0.816. The zero-order valence-electron chi connectivity index (χ0n) is 16.8. The molecular weight excluding hydrogens is 468 g/mol. The van der Waals surface area contributed by atoms with Crippen LogP contribution in [0.1, 0.15) is 4.88 Å². The third-order valence-corrected chi connectivity index (χ3v) is 6.55. The maximum atomic E-state index is 4.57. The van der Waals surface area contributed by atoms with Gasteiger partial charge in [-0.1, -0.05) is 46.3 Å². The number of para-hydroxylation sites is 1. The topological polar surface area (TPSA) is 49.8 Å². The van der Waals surface area contributed by atoms with E-state index in [-0.39, 0.29) is 0 Å². The Morgan fingerprint density at radius 2 is 1.39 bits per heavy atom. The second-order valence-corrected chi connectivity index (χ2v) is 9.25. The van der Waals surface area contributed by atoms with Gasteiger partial charge in [-0.15, -0.1) is 11.3 Å². The Morgan fingerprint density at radius 1 is 0.742 bits per heavy atom. The molecule has 0 spiro atoms. The van der Waals surface area contributed by atoms with Crippen LogP contribution in [-0.2, 0) is 0 Å². The van der Waals surface area contributed by atoms with E-state index in [2.05, 4.69) is 92.0 Å². The Balaban J connectivity index is 1.47. The van der Waals surface area contributed by atoms with Gasteiger partial charge in [0.05, 0.1) is 5.39 Å². The van der Waals surface area contributed by atoms with E-state index in [0.717, 1.165) is 43.1 Å². The van der Waals surface area contributed by atoms with Crippen molar-refractivity contribution in [3.63, 3.8) is 0 Å². The highest BCUT2D eigenvalue weighted by atomic mass is 79.9. The number of thiophene rings is 1. The summed E-state index contributed by atoms with van der Waals surface area (Å²) in [5, 5.41) is 7.95. The number of aryl methyl sites for hydroxylation is 1. The highest BCUT2D eigenvalue weighted by Gasteiger charge is 2.17. The van der Waals surface area contributed by atoms with E-state index in [1.54, 1.807) is 17.7 Å². The predicted molar refractivity (Wildman–Crippen MR) is 135 cm³/mol. The van der Waals surface area contributed by atoms with E-state index >= 15 is 0 Å². The van der Waals surface area contributed by atoms with Gasteiger partial charge in [0.2, 0.25) is 0 Å². The zero-order valence-corrected chi connectivity index (χ0v) is 19.2. The lowest BCUT2D eigenvalue weighted by molar-refractivity contribution is 1.23. The summed E-state index contributed by atoms with van der Waals surface area (Å²) in [6, 6.07) is 26.7. The van der Waals surface area contributed by atoms with Crippen molar-refractivity contribution in [1.82, 2.24) is 9.97 Å². The van der Waals surface area contributed by atoms with Gasteiger partial charge in [-0.3, -0.25) is 0 Å². The van der Waals surface area contributed by atoms with Crippen molar-refractivity contribution in [2.24, 2.45) is 0 Å². The molecule has 4 nitrogen and oxygen atoms in total. The number of aromatic nitrogens is 2. The molecule has 0 bridgehead atoms. The van der Waals surface area contributed by atoms with Gasteiger partial charge in [-0.05, 0) is 61.0 Å². The zero-order chi connectivity index (χ0) is 21.2. The van der Waals surface area contributed by atoms with Crippen LogP contribution in [0, 0.1) is 6.92 Å². The molecule has 0 radical (unpaired) electrons. The van der Waals surface area contributed by atoms with Gasteiger partial charge >= 0.3 is 0 Å². The van der Waals surface area contributed by atoms with Crippen molar-refractivity contribution in [2.45, 2.75) is 6.92 Å². The molecule has 152 valence electrons. The van der Waals surface area contributed by atoms with Crippen LogP contribution in [0.15, 0.2) is 89.7 Å². The summed E-state index contributed by atoms with van der Waals surface area (Å²) in [5.41, 5.74) is 5.41. The van der Waals surface area contributed by atoms with Crippen molar-refractivity contribution >= 4 is 60.4 Å². The van der Waals surface area contributed by atoms with Crippen molar-refractivity contribution in [3.8, 4) is 11.1 Å². The van der Waals surface area contributed by atoms with Gasteiger partial charge in [0, 0.05) is 32.0 Å². The van der Waals surface area contributed by atoms with Crippen LogP contribution in [0.3, 0.4) is 0 Å². The molecule has 0 amide bonds. The number of hydrogen-bond donors (Lipinski definition) is 2. The van der Waals surface area contributed by atoms with Gasteiger partial charge in [0.1, 0.15) is 17.0 Å². The molecule has 5 aromatic rings. The molecule has 0 atom stereocenters. The van der Waals surface area contributed by atoms with Gasteiger partial charge in [-0.2, -0.15) is 0 Å². The van der Waals surface area contributed by atoms with E-state index in [4.69, 9.17) is 0 Å². The van der Waals surface area contributed by atoms with Crippen LogP contribution in [0.5, 0.6) is 0 Å². The summed E-state index contributed by atoms with van der Waals surface area (Å²) in [6.45, 7) is 2.14. The minimum atomic E-state index is 0.816. The number of hydrogen-bond acceptors (Lipinski definition) is 5. The summed E-state index contributed by atoms with van der Waals surface area (Å²) in [7, 11) is 0. The summed E-state index contributed by atoms with van der Waals surface area (Å²) in [4.78, 5) is 11.3. The van der Waals surface area contributed by atoms with Gasteiger partial charge in [0.25, 0.3) is 0 Å². The van der Waals surface area contributed by atoms with E-state index in [9.17, 15) is 0 Å². The lowest BCUT2D eigenvalue weighted by Crippen LogP contribution is -1.96. The third-order valence-electron chi connectivity index (χ3n) is 5.01. The molecule has 2 aromatic heterocycles. The second kappa shape index (κ2) is 8.49. The van der Waals surface area contributed by atoms with E-state index in [1.165, 1.54) is 10.4 Å².